The number of aliphatic hydroxyl groups is 1. The Morgan fingerprint density at radius 1 is 1.11 bits per heavy atom. The predicted molar refractivity (Wildman–Crippen MR) is 117 cm³/mol. The van der Waals surface area contributed by atoms with Gasteiger partial charge in [0.05, 0.1) is 0 Å². The van der Waals surface area contributed by atoms with E-state index in [-0.39, 0.29) is 0 Å². The summed E-state index contributed by atoms with van der Waals surface area (Å²) in [5, 5.41) is 9.56. The summed E-state index contributed by atoms with van der Waals surface area (Å²) < 4.78 is 0. The maximum absolute atomic E-state index is 9.56. The summed E-state index contributed by atoms with van der Waals surface area (Å²) in [6, 6.07) is 0. The van der Waals surface area contributed by atoms with Crippen molar-refractivity contribution < 1.29 is 5.11 Å². The fraction of sp³-hybridized carbons (Fsp3) is 0.923. The Hall–Kier alpha value is -0.300. The van der Waals surface area contributed by atoms with Gasteiger partial charge in [0.1, 0.15) is 0 Å². The van der Waals surface area contributed by atoms with Crippen molar-refractivity contribution in [3.05, 3.63) is 11.6 Å². The van der Waals surface area contributed by atoms with Gasteiger partial charge in [0.2, 0.25) is 0 Å². The molecule has 2 fully saturated rings. The van der Waals surface area contributed by atoms with Gasteiger partial charge in [-0.05, 0) is 91.8 Å². The van der Waals surface area contributed by atoms with Gasteiger partial charge >= 0.3 is 0 Å². The maximum Gasteiger partial charge on any atom is 0.0468 e. The summed E-state index contributed by atoms with van der Waals surface area (Å²) in [5.74, 6) is 4.54. The van der Waals surface area contributed by atoms with Crippen molar-refractivity contribution in [2.24, 2.45) is 40.4 Å². The minimum atomic E-state index is 0.318. The first-order valence-corrected chi connectivity index (χ1v) is 12.2. The van der Waals surface area contributed by atoms with Gasteiger partial charge in [0.25, 0.3) is 0 Å². The Morgan fingerprint density at radius 3 is 2.56 bits per heavy atom. The van der Waals surface area contributed by atoms with Crippen molar-refractivity contribution in [1.82, 2.24) is 0 Å². The van der Waals surface area contributed by atoms with Gasteiger partial charge in [-0.25, -0.2) is 0 Å². The lowest BCUT2D eigenvalue weighted by Crippen LogP contribution is -2.48. The summed E-state index contributed by atoms with van der Waals surface area (Å²) in [6.45, 7) is 12.6. The molecule has 3 aliphatic carbocycles. The highest BCUT2D eigenvalue weighted by molar-refractivity contribution is 5.22. The van der Waals surface area contributed by atoms with Crippen molar-refractivity contribution in [3.8, 4) is 0 Å². The van der Waals surface area contributed by atoms with E-state index in [1.165, 1.54) is 64.2 Å². The van der Waals surface area contributed by atoms with Crippen molar-refractivity contribution in [2.75, 3.05) is 6.61 Å². The van der Waals surface area contributed by atoms with E-state index in [1.807, 2.05) is 0 Å². The molecule has 156 valence electrons. The van der Waals surface area contributed by atoms with Crippen molar-refractivity contribution >= 4 is 0 Å². The van der Waals surface area contributed by atoms with Gasteiger partial charge < -0.3 is 5.11 Å². The van der Waals surface area contributed by atoms with E-state index >= 15 is 0 Å². The highest BCUT2D eigenvalue weighted by atomic mass is 16.3. The molecule has 2 saturated carbocycles. The summed E-state index contributed by atoms with van der Waals surface area (Å²) in [5.41, 5.74) is 2.51. The van der Waals surface area contributed by atoms with Crippen LogP contribution < -0.4 is 0 Å². The molecule has 0 aromatic heterocycles. The van der Waals surface area contributed by atoms with E-state index in [2.05, 4.69) is 40.7 Å². The second kappa shape index (κ2) is 8.60. The first kappa shape index (κ1) is 21.4. The number of unbranched alkanes of at least 4 members (excludes halogenated alkanes) is 1. The van der Waals surface area contributed by atoms with Gasteiger partial charge in [0.15, 0.2) is 0 Å². The minimum Gasteiger partial charge on any atom is -0.396 e. The summed E-state index contributed by atoms with van der Waals surface area (Å²) in [4.78, 5) is 0. The van der Waals surface area contributed by atoms with Gasteiger partial charge in [-0.3, -0.25) is 0 Å². The largest absolute Gasteiger partial charge is 0.396 e. The average molecular weight is 375 g/mol. The number of aliphatic hydroxyl groups excluding tert-OH is 1. The minimum absolute atomic E-state index is 0.318. The monoisotopic (exact) mass is 374 g/mol. The van der Waals surface area contributed by atoms with E-state index in [1.54, 1.807) is 5.57 Å². The molecule has 0 saturated heterocycles. The Kier molecular flexibility index (Phi) is 6.82. The average Bonchev–Trinajstić information content (AvgIpc) is 2.97. The highest BCUT2D eigenvalue weighted by Crippen LogP contribution is 2.65. The van der Waals surface area contributed by atoms with Crippen LogP contribution in [-0.4, -0.2) is 11.7 Å². The van der Waals surface area contributed by atoms with Crippen LogP contribution in [0.4, 0.5) is 0 Å². The van der Waals surface area contributed by atoms with Gasteiger partial charge in [-0.15, -0.1) is 0 Å². The second-order valence-electron chi connectivity index (χ2n) is 11.1. The molecule has 0 spiro atoms. The van der Waals surface area contributed by atoms with E-state index in [9.17, 15) is 5.11 Å². The lowest BCUT2D eigenvalue weighted by molar-refractivity contribution is -0.0380. The molecule has 0 bridgehead atoms. The molecule has 0 aliphatic heterocycles. The second-order valence-corrected chi connectivity index (χ2v) is 11.1. The number of fused-ring (bicyclic) bond motifs is 3. The number of allylic oxidation sites excluding steroid dienone is 1. The zero-order valence-electron chi connectivity index (χ0n) is 18.9. The van der Waals surface area contributed by atoms with Crippen LogP contribution in [0.15, 0.2) is 11.6 Å². The third kappa shape index (κ3) is 3.92. The third-order valence-corrected chi connectivity index (χ3v) is 9.52. The summed E-state index contributed by atoms with van der Waals surface area (Å²) in [7, 11) is 0. The molecule has 3 unspecified atom stereocenters. The Balaban J connectivity index is 1.71. The molecule has 0 heterocycles. The molecular formula is C26H46O. The van der Waals surface area contributed by atoms with E-state index in [0.717, 1.165) is 36.0 Å². The van der Waals surface area contributed by atoms with Gasteiger partial charge in [0, 0.05) is 6.61 Å². The fourth-order valence-electron chi connectivity index (χ4n) is 7.68. The Labute approximate surface area is 169 Å². The molecule has 1 heteroatoms. The number of rotatable bonds is 8. The number of hydrogen-bond donors (Lipinski definition) is 1. The van der Waals surface area contributed by atoms with E-state index in [0.29, 0.717) is 17.4 Å². The summed E-state index contributed by atoms with van der Waals surface area (Å²) >= 11 is 0. The molecule has 0 radical (unpaired) electrons. The molecule has 27 heavy (non-hydrogen) atoms. The van der Waals surface area contributed by atoms with E-state index < -0.39 is 0 Å². The molecule has 0 aromatic carbocycles. The lowest BCUT2D eigenvalue weighted by atomic mass is 9.48. The van der Waals surface area contributed by atoms with Crippen LogP contribution in [0, 0.1) is 40.4 Å². The zero-order chi connectivity index (χ0) is 19.7. The third-order valence-electron chi connectivity index (χ3n) is 9.52. The summed E-state index contributed by atoms with van der Waals surface area (Å²) in [6.07, 6.45) is 17.6. The van der Waals surface area contributed by atoms with Crippen LogP contribution >= 0.6 is 0 Å². The molecule has 0 amide bonds. The molecule has 3 rings (SSSR count). The van der Waals surface area contributed by atoms with Crippen molar-refractivity contribution in [3.63, 3.8) is 0 Å². The Bertz CT molecular complexity index is 520. The topological polar surface area (TPSA) is 20.2 Å². The molecule has 6 atom stereocenters. The number of hydrogen-bond acceptors (Lipinski definition) is 1. The van der Waals surface area contributed by atoms with E-state index in [4.69, 9.17) is 0 Å². The Morgan fingerprint density at radius 2 is 1.89 bits per heavy atom. The van der Waals surface area contributed by atoms with Gasteiger partial charge in [-0.1, -0.05) is 65.5 Å². The molecule has 0 aromatic rings. The molecular weight excluding hydrogens is 328 g/mol. The fourth-order valence-corrected chi connectivity index (χ4v) is 7.68. The molecule has 3 aliphatic rings. The van der Waals surface area contributed by atoms with Crippen LogP contribution in [0.1, 0.15) is 105 Å². The smallest absolute Gasteiger partial charge is 0.0468 e. The lowest BCUT2D eigenvalue weighted by Gasteiger charge is -2.56. The SMILES string of the molecule is CCC1(C)C(CCO)=CC[C@H]2C3CCC(CCCCC(C)C)[C@@]3(C)CC[C@@H]21. The first-order chi connectivity index (χ1) is 12.9. The van der Waals surface area contributed by atoms with Crippen LogP contribution in [-0.2, 0) is 0 Å². The predicted octanol–water partition coefficient (Wildman–Crippen LogP) is 7.39. The highest BCUT2D eigenvalue weighted by Gasteiger charge is 2.57. The van der Waals surface area contributed by atoms with Crippen molar-refractivity contribution in [2.45, 2.75) is 105 Å². The zero-order valence-corrected chi connectivity index (χ0v) is 18.9. The van der Waals surface area contributed by atoms with Crippen LogP contribution in [0.3, 0.4) is 0 Å². The molecule has 1 nitrogen and oxygen atoms in total. The van der Waals surface area contributed by atoms with Gasteiger partial charge in [-0.2, -0.15) is 0 Å². The van der Waals surface area contributed by atoms with Crippen molar-refractivity contribution in [1.29, 1.82) is 0 Å². The molecule has 1 N–H and O–H groups in total. The van der Waals surface area contributed by atoms with Crippen LogP contribution in [0.25, 0.3) is 0 Å². The quantitative estimate of drug-likeness (QED) is 0.347. The van der Waals surface area contributed by atoms with Crippen LogP contribution in [0.2, 0.25) is 0 Å². The normalized spacial score (nSPS) is 41.4. The first-order valence-electron chi connectivity index (χ1n) is 12.2. The maximum atomic E-state index is 9.56. The van der Waals surface area contributed by atoms with Crippen LogP contribution in [0.5, 0.6) is 0 Å². The standard InChI is InChI=1S/C26H46O/c1-6-25(4)21(16-18-27)11-13-22-23-14-12-20(10-8-7-9-19(2)3)26(23,5)17-15-24(22)25/h11,19-20,22-24,27H,6-10,12-18H2,1-5H3/t20?,22-,23?,24-,25?,26+/m0/s1.